The quantitative estimate of drug-likeness (QED) is 0.394. The summed E-state index contributed by atoms with van der Waals surface area (Å²) >= 11 is 1.57. The Balaban J connectivity index is 2.09. The van der Waals surface area contributed by atoms with E-state index in [-0.39, 0.29) is 5.43 Å². The van der Waals surface area contributed by atoms with E-state index in [0.29, 0.717) is 29.5 Å². The normalized spacial score (nSPS) is 11.2. The summed E-state index contributed by atoms with van der Waals surface area (Å²) in [6.07, 6.45) is 0.663. The number of likely N-dealkylation sites (N-methyl/N-ethyl adjacent to an activating group) is 1. The molecule has 3 rings (SSSR count). The molecule has 6 nitrogen and oxygen atoms in total. The maximum atomic E-state index is 13.4. The lowest BCUT2D eigenvalue weighted by Gasteiger charge is -2.20. The van der Waals surface area contributed by atoms with Gasteiger partial charge < -0.3 is 20.3 Å². The molecule has 29 heavy (non-hydrogen) atoms. The summed E-state index contributed by atoms with van der Waals surface area (Å²) in [4.78, 5) is 26.7. The van der Waals surface area contributed by atoms with E-state index in [1.165, 1.54) is 0 Å². The third kappa shape index (κ3) is 4.52. The Morgan fingerprint density at radius 3 is 2.59 bits per heavy atom. The molecular formula is C22H27N3O3S. The first-order valence-electron chi connectivity index (χ1n) is 9.82. The van der Waals surface area contributed by atoms with E-state index in [2.05, 4.69) is 29.4 Å². The number of methoxy groups -OCH3 is 1. The van der Waals surface area contributed by atoms with Crippen molar-refractivity contribution in [2.75, 3.05) is 38.6 Å². The van der Waals surface area contributed by atoms with Crippen molar-refractivity contribution in [2.45, 2.75) is 20.4 Å². The summed E-state index contributed by atoms with van der Waals surface area (Å²) in [5, 5.41) is 7.47. The van der Waals surface area contributed by atoms with Crippen molar-refractivity contribution in [3.05, 3.63) is 46.1 Å². The number of anilines is 1. The number of nitrogens with zero attached hydrogens (tertiary/aromatic N) is 1. The fourth-order valence-corrected chi connectivity index (χ4v) is 4.59. The second-order valence-corrected chi connectivity index (χ2v) is 7.79. The lowest BCUT2D eigenvalue weighted by molar-refractivity contribution is -0.109. The number of ether oxygens (including phenoxy) is 1. The van der Waals surface area contributed by atoms with Gasteiger partial charge in [0.2, 0.25) is 6.41 Å². The highest BCUT2D eigenvalue weighted by molar-refractivity contribution is 7.24. The molecule has 3 aromatic rings. The molecule has 0 aliphatic heterocycles. The van der Waals surface area contributed by atoms with E-state index in [9.17, 15) is 9.59 Å². The number of rotatable bonds is 10. The summed E-state index contributed by atoms with van der Waals surface area (Å²) in [6.45, 7) is 8.25. The zero-order valence-electron chi connectivity index (χ0n) is 17.1. The van der Waals surface area contributed by atoms with Crippen LogP contribution in [0.1, 0.15) is 19.4 Å². The number of carbonyl (C=O) groups is 1. The molecule has 0 saturated carbocycles. The average Bonchev–Trinajstić information content (AvgIpc) is 2.75. The van der Waals surface area contributed by atoms with Gasteiger partial charge in [0.15, 0.2) is 5.43 Å². The second kappa shape index (κ2) is 9.71. The monoisotopic (exact) mass is 413 g/mol. The molecule has 0 atom stereocenters. The van der Waals surface area contributed by atoms with Crippen LogP contribution in [0.4, 0.5) is 5.69 Å². The molecule has 0 unspecified atom stereocenters. The molecule has 0 aliphatic rings. The van der Waals surface area contributed by atoms with Gasteiger partial charge in [-0.15, -0.1) is 11.3 Å². The minimum atomic E-state index is -0.0391. The molecular weight excluding hydrogens is 386 g/mol. The molecule has 1 heterocycles. The minimum Gasteiger partial charge on any atom is -0.497 e. The van der Waals surface area contributed by atoms with Gasteiger partial charge in [-0.2, -0.15) is 0 Å². The second-order valence-electron chi connectivity index (χ2n) is 6.71. The molecule has 0 fully saturated rings. The Kier molecular flexibility index (Phi) is 7.06. The number of nitrogens with one attached hydrogen (secondary N) is 2. The smallest absolute Gasteiger partial charge is 0.207 e. The molecule has 7 heteroatoms. The predicted molar refractivity (Wildman–Crippen MR) is 121 cm³/mol. The van der Waals surface area contributed by atoms with Crippen LogP contribution in [-0.2, 0) is 11.3 Å². The third-order valence-electron chi connectivity index (χ3n) is 5.15. The topological polar surface area (TPSA) is 70.7 Å². The highest BCUT2D eigenvalue weighted by Crippen LogP contribution is 2.32. The van der Waals surface area contributed by atoms with Crippen LogP contribution in [0.2, 0.25) is 0 Å². The number of hydrogen-bond acceptors (Lipinski definition) is 6. The van der Waals surface area contributed by atoms with E-state index >= 15 is 0 Å². The first-order valence-corrected chi connectivity index (χ1v) is 10.6. The fourth-order valence-electron chi connectivity index (χ4n) is 3.50. The van der Waals surface area contributed by atoms with E-state index in [0.717, 1.165) is 46.8 Å². The first-order chi connectivity index (χ1) is 14.1. The van der Waals surface area contributed by atoms with Crippen molar-refractivity contribution in [2.24, 2.45) is 0 Å². The summed E-state index contributed by atoms with van der Waals surface area (Å²) in [5.74, 6) is 0.655. The number of amides is 1. The number of fused-ring (bicyclic) bond motifs is 2. The van der Waals surface area contributed by atoms with Crippen molar-refractivity contribution >= 4 is 43.6 Å². The number of benzene rings is 2. The summed E-state index contributed by atoms with van der Waals surface area (Å²) < 4.78 is 7.12. The molecule has 2 N–H and O–H groups in total. The number of hydrogen-bond donors (Lipinski definition) is 2. The van der Waals surface area contributed by atoms with Crippen LogP contribution < -0.4 is 20.8 Å². The van der Waals surface area contributed by atoms with Crippen LogP contribution in [0, 0.1) is 0 Å². The highest BCUT2D eigenvalue weighted by atomic mass is 32.1. The Morgan fingerprint density at radius 2 is 1.90 bits per heavy atom. The van der Waals surface area contributed by atoms with Crippen LogP contribution in [0.3, 0.4) is 0 Å². The third-order valence-corrected chi connectivity index (χ3v) is 6.29. The van der Waals surface area contributed by atoms with E-state index in [1.807, 2.05) is 24.3 Å². The van der Waals surface area contributed by atoms with Crippen LogP contribution >= 0.6 is 11.3 Å². The van der Waals surface area contributed by atoms with E-state index < -0.39 is 0 Å². The minimum absolute atomic E-state index is 0.0391. The van der Waals surface area contributed by atoms with Crippen LogP contribution in [0.15, 0.2) is 35.1 Å². The van der Waals surface area contributed by atoms with Crippen molar-refractivity contribution in [3.8, 4) is 5.75 Å². The zero-order valence-corrected chi connectivity index (χ0v) is 17.9. The molecule has 1 amide bonds. The molecule has 0 bridgehead atoms. The Bertz CT molecular complexity index is 1060. The largest absolute Gasteiger partial charge is 0.497 e. The maximum Gasteiger partial charge on any atom is 0.207 e. The van der Waals surface area contributed by atoms with Crippen LogP contribution in [0.25, 0.3) is 20.2 Å². The van der Waals surface area contributed by atoms with Crippen LogP contribution in [-0.4, -0.2) is 44.6 Å². The predicted octanol–water partition coefficient (Wildman–Crippen LogP) is 3.42. The first kappa shape index (κ1) is 21.1. The Labute approximate surface area is 174 Å². The maximum absolute atomic E-state index is 13.4. The van der Waals surface area contributed by atoms with Gasteiger partial charge in [0.05, 0.1) is 7.11 Å². The van der Waals surface area contributed by atoms with Crippen molar-refractivity contribution in [1.82, 2.24) is 10.2 Å². The highest BCUT2D eigenvalue weighted by Gasteiger charge is 2.15. The standard InChI is InChI=1S/C22H27N3O3S/c1-4-25(5-2)11-10-24-18-7-9-20-21(17(18)13-23-14-26)22(27)16-12-15(28-3)6-8-19(16)29-20/h6-9,12,14,24H,4-5,10-11,13H2,1-3H3,(H,23,26). The number of carbonyl (C=O) groups excluding carboxylic acids is 1. The van der Waals surface area contributed by atoms with Crippen molar-refractivity contribution < 1.29 is 9.53 Å². The lowest BCUT2D eigenvalue weighted by atomic mass is 10.1. The van der Waals surface area contributed by atoms with Crippen molar-refractivity contribution in [1.29, 1.82) is 0 Å². The molecule has 0 spiro atoms. The molecule has 154 valence electrons. The zero-order chi connectivity index (χ0) is 20.8. The average molecular weight is 414 g/mol. The summed E-state index contributed by atoms with van der Waals surface area (Å²) in [6, 6.07) is 9.54. The van der Waals surface area contributed by atoms with E-state index in [4.69, 9.17) is 4.74 Å². The van der Waals surface area contributed by atoms with Crippen molar-refractivity contribution in [3.63, 3.8) is 0 Å². The molecule has 0 aliphatic carbocycles. The van der Waals surface area contributed by atoms with Gasteiger partial charge >= 0.3 is 0 Å². The molecule has 2 aromatic carbocycles. The SMILES string of the molecule is CCN(CC)CCNc1ccc2sc3ccc(OC)cc3c(=O)c2c1CNC=O. The van der Waals surface area contributed by atoms with Gasteiger partial charge in [0.25, 0.3) is 0 Å². The fraction of sp³-hybridized carbons (Fsp3) is 0.364. The van der Waals surface area contributed by atoms with Gasteiger partial charge in [-0.25, -0.2) is 0 Å². The molecule has 0 saturated heterocycles. The molecule has 0 radical (unpaired) electrons. The Hall–Kier alpha value is -2.64. The summed E-state index contributed by atoms with van der Waals surface area (Å²) in [5.41, 5.74) is 1.66. The van der Waals surface area contributed by atoms with Gasteiger partial charge in [0.1, 0.15) is 5.75 Å². The lowest BCUT2D eigenvalue weighted by Crippen LogP contribution is -2.29. The van der Waals surface area contributed by atoms with Gasteiger partial charge in [-0.3, -0.25) is 9.59 Å². The Morgan fingerprint density at radius 1 is 1.14 bits per heavy atom. The van der Waals surface area contributed by atoms with Gasteiger partial charge in [0, 0.05) is 51.1 Å². The van der Waals surface area contributed by atoms with E-state index in [1.54, 1.807) is 24.5 Å². The summed E-state index contributed by atoms with van der Waals surface area (Å²) in [7, 11) is 1.59. The molecule has 1 aromatic heterocycles. The van der Waals surface area contributed by atoms with Gasteiger partial charge in [-0.05, 0) is 43.4 Å². The van der Waals surface area contributed by atoms with Gasteiger partial charge in [-0.1, -0.05) is 13.8 Å². The van der Waals surface area contributed by atoms with Crippen LogP contribution in [0.5, 0.6) is 5.75 Å².